The minimum Gasteiger partial charge on any atom is -0.468 e. The van der Waals surface area contributed by atoms with Crippen LogP contribution in [0.25, 0.3) is 0 Å². The first kappa shape index (κ1) is 11.7. The van der Waals surface area contributed by atoms with Crippen LogP contribution in [0.2, 0.25) is 0 Å². The van der Waals surface area contributed by atoms with E-state index in [0.29, 0.717) is 0 Å². The van der Waals surface area contributed by atoms with Crippen LogP contribution >= 0.6 is 0 Å². The van der Waals surface area contributed by atoms with Gasteiger partial charge in [-0.3, -0.25) is 4.79 Å². The summed E-state index contributed by atoms with van der Waals surface area (Å²) in [6.07, 6.45) is 0. The summed E-state index contributed by atoms with van der Waals surface area (Å²) in [5, 5.41) is 9.37. The topological polar surface area (TPSA) is 50.1 Å². The van der Waals surface area contributed by atoms with Gasteiger partial charge in [0.1, 0.15) is 0 Å². The van der Waals surface area contributed by atoms with Crippen molar-refractivity contribution in [3.63, 3.8) is 0 Å². The van der Waals surface area contributed by atoms with Crippen molar-refractivity contribution in [3.8, 4) is 6.07 Å². The third-order valence-electron chi connectivity index (χ3n) is 3.90. The predicted octanol–water partition coefficient (Wildman–Crippen LogP) is 2.49. The fourth-order valence-electron chi connectivity index (χ4n) is 2.87. The molecule has 88 valence electrons. The molecule has 0 aliphatic heterocycles. The standard InChI is InChI=1S/C14H15NO2/c1-13(2)11(10-7-5-4-6-8-10)14(13,9-15)12(16)17-3/h4-8,11H,1-3H3. The Labute approximate surface area is 101 Å². The van der Waals surface area contributed by atoms with Crippen LogP contribution in [0.15, 0.2) is 30.3 Å². The fraction of sp³-hybridized carbons (Fsp3) is 0.429. The first-order valence-electron chi connectivity index (χ1n) is 5.57. The molecule has 1 aliphatic carbocycles. The molecule has 1 aromatic carbocycles. The van der Waals surface area contributed by atoms with Gasteiger partial charge in [0.05, 0.1) is 13.2 Å². The van der Waals surface area contributed by atoms with Crippen LogP contribution in [0, 0.1) is 22.2 Å². The van der Waals surface area contributed by atoms with Crippen molar-refractivity contribution in [2.24, 2.45) is 10.8 Å². The van der Waals surface area contributed by atoms with Gasteiger partial charge in [0.25, 0.3) is 0 Å². The molecule has 0 amide bonds. The number of hydrogen-bond donors (Lipinski definition) is 0. The molecule has 0 heterocycles. The van der Waals surface area contributed by atoms with Gasteiger partial charge >= 0.3 is 5.97 Å². The fourth-order valence-corrected chi connectivity index (χ4v) is 2.87. The Balaban J connectivity index is 2.46. The molecule has 0 saturated heterocycles. The highest BCUT2D eigenvalue weighted by Gasteiger charge is 2.77. The van der Waals surface area contributed by atoms with Crippen molar-refractivity contribution < 1.29 is 9.53 Å². The van der Waals surface area contributed by atoms with Gasteiger partial charge in [-0.15, -0.1) is 0 Å². The lowest BCUT2D eigenvalue weighted by atomic mass is 9.98. The Bertz CT molecular complexity index is 487. The molecule has 17 heavy (non-hydrogen) atoms. The molecule has 2 unspecified atom stereocenters. The van der Waals surface area contributed by atoms with E-state index in [-0.39, 0.29) is 11.3 Å². The number of carbonyl (C=O) groups excluding carboxylic acids is 1. The van der Waals surface area contributed by atoms with Crippen molar-refractivity contribution >= 4 is 5.97 Å². The number of ether oxygens (including phenoxy) is 1. The number of benzene rings is 1. The van der Waals surface area contributed by atoms with Crippen molar-refractivity contribution in [2.45, 2.75) is 19.8 Å². The van der Waals surface area contributed by atoms with E-state index in [2.05, 4.69) is 6.07 Å². The Hall–Kier alpha value is -1.82. The highest BCUT2D eigenvalue weighted by molar-refractivity contribution is 5.88. The number of carbonyl (C=O) groups is 1. The first-order valence-corrected chi connectivity index (χ1v) is 5.57. The lowest BCUT2D eigenvalue weighted by Gasteiger charge is -2.07. The highest BCUT2D eigenvalue weighted by atomic mass is 16.5. The van der Waals surface area contributed by atoms with E-state index in [1.807, 2.05) is 44.2 Å². The second kappa shape index (κ2) is 3.59. The number of hydrogen-bond acceptors (Lipinski definition) is 3. The van der Waals surface area contributed by atoms with Gasteiger partial charge in [-0.05, 0) is 5.56 Å². The van der Waals surface area contributed by atoms with Crippen molar-refractivity contribution in [1.82, 2.24) is 0 Å². The Morgan fingerprint density at radius 2 is 1.94 bits per heavy atom. The molecule has 1 saturated carbocycles. The monoisotopic (exact) mass is 229 g/mol. The molecule has 0 radical (unpaired) electrons. The van der Waals surface area contributed by atoms with E-state index in [9.17, 15) is 10.1 Å². The maximum absolute atomic E-state index is 11.9. The van der Waals surface area contributed by atoms with E-state index >= 15 is 0 Å². The van der Waals surface area contributed by atoms with Crippen LogP contribution in [0.3, 0.4) is 0 Å². The smallest absolute Gasteiger partial charge is 0.327 e. The van der Waals surface area contributed by atoms with Gasteiger partial charge in [0.2, 0.25) is 0 Å². The lowest BCUT2D eigenvalue weighted by Crippen LogP contribution is -2.21. The molecule has 2 atom stereocenters. The van der Waals surface area contributed by atoms with Crippen LogP contribution in [-0.2, 0) is 9.53 Å². The zero-order valence-electron chi connectivity index (χ0n) is 10.2. The van der Waals surface area contributed by atoms with Gasteiger partial charge in [-0.2, -0.15) is 5.26 Å². The summed E-state index contributed by atoms with van der Waals surface area (Å²) in [6, 6.07) is 11.8. The Morgan fingerprint density at radius 1 is 1.35 bits per heavy atom. The normalized spacial score (nSPS) is 29.2. The van der Waals surface area contributed by atoms with Gasteiger partial charge in [0.15, 0.2) is 5.41 Å². The minimum atomic E-state index is -1.04. The largest absolute Gasteiger partial charge is 0.468 e. The number of esters is 1. The van der Waals surface area contributed by atoms with E-state index in [1.54, 1.807) is 0 Å². The van der Waals surface area contributed by atoms with Crippen molar-refractivity contribution in [1.29, 1.82) is 5.26 Å². The quantitative estimate of drug-likeness (QED) is 0.732. The molecule has 1 aliphatic rings. The zero-order valence-corrected chi connectivity index (χ0v) is 10.2. The lowest BCUT2D eigenvalue weighted by molar-refractivity contribution is -0.146. The molecule has 1 fully saturated rings. The third-order valence-corrected chi connectivity index (χ3v) is 3.90. The summed E-state index contributed by atoms with van der Waals surface area (Å²) in [5.41, 5.74) is -0.399. The molecular formula is C14H15NO2. The maximum Gasteiger partial charge on any atom is 0.327 e. The summed E-state index contributed by atoms with van der Waals surface area (Å²) >= 11 is 0. The Kier molecular flexibility index (Phi) is 2.46. The summed E-state index contributed by atoms with van der Waals surface area (Å²) < 4.78 is 4.79. The SMILES string of the molecule is COC(=O)C1(C#N)C(c2ccccc2)C1(C)C. The number of methoxy groups -OCH3 is 1. The van der Waals surface area contributed by atoms with E-state index in [1.165, 1.54) is 7.11 Å². The number of nitrogens with zero attached hydrogens (tertiary/aromatic N) is 1. The summed E-state index contributed by atoms with van der Waals surface area (Å²) in [5.74, 6) is -0.521. The maximum atomic E-state index is 11.9. The van der Waals surface area contributed by atoms with Gasteiger partial charge < -0.3 is 4.74 Å². The second-order valence-corrected chi connectivity index (χ2v) is 4.98. The number of rotatable bonds is 2. The van der Waals surface area contributed by atoms with Crippen LogP contribution in [-0.4, -0.2) is 13.1 Å². The molecular weight excluding hydrogens is 214 g/mol. The molecule has 1 aromatic rings. The minimum absolute atomic E-state index is 0.0892. The molecule has 0 spiro atoms. The van der Waals surface area contributed by atoms with E-state index in [4.69, 9.17) is 4.74 Å². The predicted molar refractivity (Wildman–Crippen MR) is 63.0 cm³/mol. The summed E-state index contributed by atoms with van der Waals surface area (Å²) in [6.45, 7) is 3.87. The third kappa shape index (κ3) is 1.30. The molecule has 0 bridgehead atoms. The Morgan fingerprint density at radius 3 is 2.41 bits per heavy atom. The van der Waals surface area contributed by atoms with E-state index < -0.39 is 11.4 Å². The van der Waals surface area contributed by atoms with Crippen molar-refractivity contribution in [2.75, 3.05) is 7.11 Å². The molecule has 2 rings (SSSR count). The van der Waals surface area contributed by atoms with Gasteiger partial charge in [-0.25, -0.2) is 0 Å². The highest BCUT2D eigenvalue weighted by Crippen LogP contribution is 2.74. The summed E-state index contributed by atoms with van der Waals surface area (Å²) in [7, 11) is 1.33. The molecule has 3 heteroatoms. The second-order valence-electron chi connectivity index (χ2n) is 4.98. The molecule has 0 aromatic heterocycles. The number of nitriles is 1. The van der Waals surface area contributed by atoms with E-state index in [0.717, 1.165) is 5.56 Å². The van der Waals surface area contributed by atoms with Gasteiger partial charge in [0, 0.05) is 11.3 Å². The zero-order chi connectivity index (χ0) is 12.7. The average Bonchev–Trinajstić information content (AvgIpc) is 2.86. The first-order chi connectivity index (χ1) is 8.02. The average molecular weight is 229 g/mol. The van der Waals surface area contributed by atoms with Gasteiger partial charge in [-0.1, -0.05) is 44.2 Å². The van der Waals surface area contributed by atoms with Crippen molar-refractivity contribution in [3.05, 3.63) is 35.9 Å². The molecule has 0 N–H and O–H groups in total. The van der Waals surface area contributed by atoms with Crippen LogP contribution in [0.1, 0.15) is 25.3 Å². The van der Waals surface area contributed by atoms with Crippen LogP contribution < -0.4 is 0 Å². The van der Waals surface area contributed by atoms with Crippen LogP contribution in [0.4, 0.5) is 0 Å². The van der Waals surface area contributed by atoms with Crippen LogP contribution in [0.5, 0.6) is 0 Å². The molecule has 3 nitrogen and oxygen atoms in total. The summed E-state index contributed by atoms with van der Waals surface area (Å²) in [4.78, 5) is 11.9.